The zero-order chi connectivity index (χ0) is 20.4. The number of amides is 2. The second kappa shape index (κ2) is 8.32. The van der Waals surface area contributed by atoms with Crippen LogP contribution in [0.1, 0.15) is 28.3 Å². The highest BCUT2D eigenvalue weighted by atomic mass is 19.1. The Labute approximate surface area is 169 Å². The molecular weight excluding hydrogens is 373 g/mol. The van der Waals surface area contributed by atoms with Gasteiger partial charge in [0.1, 0.15) is 5.82 Å². The minimum absolute atomic E-state index is 0.0870. The number of carbonyl (C=O) groups is 2. The molecule has 1 aromatic heterocycles. The van der Waals surface area contributed by atoms with Gasteiger partial charge in [-0.05, 0) is 24.1 Å². The Morgan fingerprint density at radius 3 is 2.62 bits per heavy atom. The Hall–Kier alpha value is -2.74. The minimum atomic E-state index is -0.508. The maximum Gasteiger partial charge on any atom is 0.256 e. The zero-order valence-corrected chi connectivity index (χ0v) is 16.6. The van der Waals surface area contributed by atoms with E-state index in [4.69, 9.17) is 0 Å². The highest BCUT2D eigenvalue weighted by molar-refractivity contribution is 5.94. The third-order valence-corrected chi connectivity index (χ3v) is 5.88. The van der Waals surface area contributed by atoms with Crippen molar-refractivity contribution in [1.29, 1.82) is 0 Å². The van der Waals surface area contributed by atoms with Gasteiger partial charge in [-0.1, -0.05) is 12.1 Å². The van der Waals surface area contributed by atoms with E-state index in [0.717, 1.165) is 12.1 Å². The van der Waals surface area contributed by atoms with E-state index in [1.165, 1.54) is 12.1 Å². The second-order valence-electron chi connectivity index (χ2n) is 7.77. The first-order chi connectivity index (χ1) is 14.0. The van der Waals surface area contributed by atoms with Gasteiger partial charge in [0.2, 0.25) is 5.91 Å². The molecule has 0 bridgehead atoms. The summed E-state index contributed by atoms with van der Waals surface area (Å²) in [6.07, 6.45) is 4.48. The Morgan fingerprint density at radius 2 is 1.86 bits per heavy atom. The molecule has 2 atom stereocenters. The normalized spacial score (nSPS) is 22.6. The van der Waals surface area contributed by atoms with Gasteiger partial charge in [0, 0.05) is 58.4 Å². The first kappa shape index (κ1) is 19.6. The number of aromatic nitrogens is 2. The van der Waals surface area contributed by atoms with E-state index in [0.29, 0.717) is 39.1 Å². The molecule has 2 aliphatic rings. The molecule has 0 unspecified atom stereocenters. The molecule has 2 saturated heterocycles. The van der Waals surface area contributed by atoms with Crippen LogP contribution in [0.25, 0.3) is 0 Å². The third-order valence-electron chi connectivity index (χ3n) is 5.88. The molecule has 0 saturated carbocycles. The van der Waals surface area contributed by atoms with Crippen LogP contribution in [-0.2, 0) is 11.8 Å². The lowest BCUT2D eigenvalue weighted by molar-refractivity contribution is -0.135. The van der Waals surface area contributed by atoms with Crippen molar-refractivity contribution < 1.29 is 14.0 Å². The molecule has 4 rings (SSSR count). The molecule has 0 spiro atoms. The van der Waals surface area contributed by atoms with Crippen molar-refractivity contribution in [3.63, 3.8) is 0 Å². The second-order valence-corrected chi connectivity index (χ2v) is 7.77. The molecule has 7 nitrogen and oxygen atoms in total. The van der Waals surface area contributed by atoms with E-state index >= 15 is 0 Å². The van der Waals surface area contributed by atoms with Crippen LogP contribution in [0.5, 0.6) is 0 Å². The molecule has 0 radical (unpaired) electrons. The summed E-state index contributed by atoms with van der Waals surface area (Å²) >= 11 is 0. The van der Waals surface area contributed by atoms with E-state index < -0.39 is 5.82 Å². The summed E-state index contributed by atoms with van der Waals surface area (Å²) in [6.45, 7) is 3.41. The molecule has 154 valence electrons. The molecule has 2 fully saturated rings. The van der Waals surface area contributed by atoms with Gasteiger partial charge in [-0.3, -0.25) is 14.3 Å². The van der Waals surface area contributed by atoms with Crippen molar-refractivity contribution in [3.8, 4) is 0 Å². The van der Waals surface area contributed by atoms with Crippen molar-refractivity contribution in [2.45, 2.75) is 12.3 Å². The third kappa shape index (κ3) is 4.03. The Bertz CT molecular complexity index is 899. The van der Waals surface area contributed by atoms with Gasteiger partial charge in [-0.15, -0.1) is 0 Å². The molecule has 2 aliphatic heterocycles. The molecule has 8 heteroatoms. The largest absolute Gasteiger partial charge is 0.341 e. The Morgan fingerprint density at radius 1 is 1.10 bits per heavy atom. The fourth-order valence-corrected chi connectivity index (χ4v) is 4.30. The number of benzene rings is 1. The predicted molar refractivity (Wildman–Crippen MR) is 106 cm³/mol. The molecule has 3 heterocycles. The first-order valence-electron chi connectivity index (χ1n) is 10.1. The molecule has 1 aromatic carbocycles. The number of rotatable bonds is 3. The van der Waals surface area contributed by atoms with E-state index in [1.807, 2.05) is 24.3 Å². The average molecular weight is 399 g/mol. The van der Waals surface area contributed by atoms with Crippen LogP contribution in [0.3, 0.4) is 0 Å². The SMILES string of the molecule is Cn1cc([C@H]2CNC[C@@H]2C(=O)N2CCCN(C(=O)c3ccccc3F)CC2)cn1. The summed E-state index contributed by atoms with van der Waals surface area (Å²) in [5, 5.41) is 7.57. The van der Waals surface area contributed by atoms with Gasteiger partial charge in [0.05, 0.1) is 17.7 Å². The zero-order valence-electron chi connectivity index (χ0n) is 16.6. The number of halogens is 1. The summed E-state index contributed by atoms with van der Waals surface area (Å²) in [4.78, 5) is 29.5. The van der Waals surface area contributed by atoms with Crippen LogP contribution in [0, 0.1) is 11.7 Å². The van der Waals surface area contributed by atoms with Crippen LogP contribution < -0.4 is 5.32 Å². The van der Waals surface area contributed by atoms with Crippen LogP contribution in [-0.4, -0.2) is 70.7 Å². The van der Waals surface area contributed by atoms with Crippen molar-refractivity contribution in [2.75, 3.05) is 39.3 Å². The summed E-state index contributed by atoms with van der Waals surface area (Å²) in [6, 6.07) is 6.04. The van der Waals surface area contributed by atoms with Crippen molar-refractivity contribution in [2.24, 2.45) is 13.0 Å². The van der Waals surface area contributed by atoms with Crippen LogP contribution in [0.15, 0.2) is 36.7 Å². The highest BCUT2D eigenvalue weighted by Gasteiger charge is 2.37. The smallest absolute Gasteiger partial charge is 0.256 e. The van der Waals surface area contributed by atoms with E-state index in [2.05, 4.69) is 10.4 Å². The summed E-state index contributed by atoms with van der Waals surface area (Å²) in [5.41, 5.74) is 1.16. The number of hydrogen-bond acceptors (Lipinski definition) is 4. The standard InChI is InChI=1S/C21H26FN5O2/c1-25-14-15(11-24-25)17-12-23-13-18(17)21(29)27-8-4-7-26(9-10-27)20(28)16-5-2-3-6-19(16)22/h2-3,5-6,11,14,17-18,23H,4,7-10,12-13H2,1H3/t17-,18+/m1/s1. The number of nitrogens with one attached hydrogen (secondary N) is 1. The molecule has 29 heavy (non-hydrogen) atoms. The number of hydrogen-bond donors (Lipinski definition) is 1. The molecule has 0 aliphatic carbocycles. The van der Waals surface area contributed by atoms with Crippen molar-refractivity contribution in [1.82, 2.24) is 24.9 Å². The maximum atomic E-state index is 14.0. The van der Waals surface area contributed by atoms with E-state index in [-0.39, 0.29) is 29.2 Å². The highest BCUT2D eigenvalue weighted by Crippen LogP contribution is 2.29. The van der Waals surface area contributed by atoms with E-state index in [9.17, 15) is 14.0 Å². The lowest BCUT2D eigenvalue weighted by atomic mass is 9.89. The summed E-state index contributed by atoms with van der Waals surface area (Å²) in [7, 11) is 1.87. The number of aryl methyl sites for hydroxylation is 1. The van der Waals surface area contributed by atoms with Gasteiger partial charge in [-0.2, -0.15) is 5.10 Å². The molecule has 2 aromatic rings. The Balaban J connectivity index is 1.42. The fourth-order valence-electron chi connectivity index (χ4n) is 4.30. The predicted octanol–water partition coefficient (Wildman–Crippen LogP) is 1.24. The van der Waals surface area contributed by atoms with Gasteiger partial charge in [0.25, 0.3) is 5.91 Å². The monoisotopic (exact) mass is 399 g/mol. The quantitative estimate of drug-likeness (QED) is 0.843. The first-order valence-corrected chi connectivity index (χ1v) is 10.1. The van der Waals surface area contributed by atoms with E-state index in [1.54, 1.807) is 21.7 Å². The lowest BCUT2D eigenvalue weighted by Crippen LogP contribution is -2.41. The van der Waals surface area contributed by atoms with Crippen LogP contribution in [0.2, 0.25) is 0 Å². The van der Waals surface area contributed by atoms with Crippen molar-refractivity contribution in [3.05, 3.63) is 53.6 Å². The maximum absolute atomic E-state index is 14.0. The van der Waals surface area contributed by atoms with Crippen molar-refractivity contribution >= 4 is 11.8 Å². The summed E-state index contributed by atoms with van der Waals surface area (Å²) < 4.78 is 15.7. The number of nitrogens with zero attached hydrogens (tertiary/aromatic N) is 4. The lowest BCUT2D eigenvalue weighted by Gasteiger charge is -2.26. The van der Waals surface area contributed by atoms with Gasteiger partial charge >= 0.3 is 0 Å². The van der Waals surface area contributed by atoms with Gasteiger partial charge in [0.15, 0.2) is 0 Å². The molecular formula is C21H26FN5O2. The summed E-state index contributed by atoms with van der Waals surface area (Å²) in [5.74, 6) is -0.730. The van der Waals surface area contributed by atoms with Gasteiger partial charge in [-0.25, -0.2) is 4.39 Å². The minimum Gasteiger partial charge on any atom is -0.341 e. The molecule has 1 N–H and O–H groups in total. The van der Waals surface area contributed by atoms with Gasteiger partial charge < -0.3 is 15.1 Å². The fraction of sp³-hybridized carbons (Fsp3) is 0.476. The Kier molecular flexibility index (Phi) is 5.62. The number of carbonyl (C=O) groups excluding carboxylic acids is 2. The van der Waals surface area contributed by atoms with Crippen LogP contribution in [0.4, 0.5) is 4.39 Å². The molecule has 2 amide bonds. The topological polar surface area (TPSA) is 70.5 Å². The van der Waals surface area contributed by atoms with Crippen LogP contribution >= 0.6 is 0 Å². The average Bonchev–Trinajstić information content (AvgIpc) is 3.30.